The molecule has 1 N–H and O–H groups in total. The number of rotatable bonds is 5. The first-order valence-electron chi connectivity index (χ1n) is 6.63. The van der Waals surface area contributed by atoms with Crippen LogP contribution in [0.4, 0.5) is 0 Å². The first-order chi connectivity index (χ1) is 9.47. The second kappa shape index (κ2) is 5.71. The van der Waals surface area contributed by atoms with Crippen molar-refractivity contribution in [2.24, 2.45) is 5.41 Å². The van der Waals surface area contributed by atoms with Gasteiger partial charge >= 0.3 is 5.97 Å². The van der Waals surface area contributed by atoms with E-state index in [0.29, 0.717) is 12.4 Å². The number of carbonyl (C=O) groups is 1. The molecule has 5 heteroatoms. The van der Waals surface area contributed by atoms with E-state index in [2.05, 4.69) is 5.32 Å². The lowest BCUT2D eigenvalue weighted by Gasteiger charge is -2.21. The first kappa shape index (κ1) is 14.7. The minimum atomic E-state index is -0.678. The fourth-order valence-electron chi connectivity index (χ4n) is 2.12. The minimum absolute atomic E-state index is 0.227. The predicted octanol–water partition coefficient (Wildman–Crippen LogP) is 1.92. The second-order valence-electron chi connectivity index (χ2n) is 5.52. The summed E-state index contributed by atoms with van der Waals surface area (Å²) in [7, 11) is 3.29. The number of esters is 1. The summed E-state index contributed by atoms with van der Waals surface area (Å²) in [6.45, 7) is 4.47. The van der Waals surface area contributed by atoms with E-state index < -0.39 is 5.41 Å². The van der Waals surface area contributed by atoms with Gasteiger partial charge in [0.05, 0.1) is 18.6 Å². The van der Waals surface area contributed by atoms with Crippen molar-refractivity contribution >= 4 is 5.97 Å². The molecule has 0 saturated carbocycles. The summed E-state index contributed by atoms with van der Waals surface area (Å²) in [4.78, 5) is 11.6. The summed E-state index contributed by atoms with van der Waals surface area (Å²) >= 11 is 0. The monoisotopic (exact) mass is 279 g/mol. The van der Waals surface area contributed by atoms with Crippen molar-refractivity contribution in [2.45, 2.75) is 19.9 Å². The molecule has 1 aromatic rings. The molecule has 1 aromatic carbocycles. The summed E-state index contributed by atoms with van der Waals surface area (Å²) in [6.07, 6.45) is 0. The number of carbonyl (C=O) groups excluding carboxylic acids is 1. The Morgan fingerprint density at radius 3 is 2.90 bits per heavy atom. The summed E-state index contributed by atoms with van der Waals surface area (Å²) in [5, 5.41) is 3.19. The van der Waals surface area contributed by atoms with Crippen LogP contribution in [0.2, 0.25) is 0 Å². The lowest BCUT2D eigenvalue weighted by atomic mass is 9.95. The van der Waals surface area contributed by atoms with Crippen molar-refractivity contribution in [2.75, 3.05) is 27.4 Å². The van der Waals surface area contributed by atoms with E-state index in [0.717, 1.165) is 11.3 Å². The largest absolute Gasteiger partial charge is 0.492 e. The van der Waals surface area contributed by atoms with E-state index in [9.17, 15) is 4.79 Å². The highest BCUT2D eigenvalue weighted by molar-refractivity contribution is 5.75. The van der Waals surface area contributed by atoms with Gasteiger partial charge in [0.2, 0.25) is 0 Å². The quantitative estimate of drug-likeness (QED) is 0.834. The lowest BCUT2D eigenvalue weighted by Crippen LogP contribution is -2.32. The Hall–Kier alpha value is -1.75. The Morgan fingerprint density at radius 2 is 2.25 bits per heavy atom. The number of nitrogens with one attached hydrogen (secondary N) is 1. The Kier molecular flexibility index (Phi) is 4.18. The van der Waals surface area contributed by atoms with Gasteiger partial charge in [-0.05, 0) is 33.0 Å². The SMILES string of the molecule is CNC1COc2cc(OCC(C)(C)C(=O)OC)ccc21. The highest BCUT2D eigenvalue weighted by Crippen LogP contribution is 2.35. The van der Waals surface area contributed by atoms with Crippen molar-refractivity contribution < 1.29 is 19.0 Å². The molecule has 1 heterocycles. The fourth-order valence-corrected chi connectivity index (χ4v) is 2.12. The third-order valence-electron chi connectivity index (χ3n) is 3.45. The number of likely N-dealkylation sites (N-methyl/N-ethyl adjacent to an activating group) is 1. The molecule has 0 spiro atoms. The molecule has 0 aromatic heterocycles. The van der Waals surface area contributed by atoms with Crippen molar-refractivity contribution in [3.8, 4) is 11.5 Å². The molecular weight excluding hydrogens is 258 g/mol. The molecule has 5 nitrogen and oxygen atoms in total. The zero-order valence-electron chi connectivity index (χ0n) is 12.4. The van der Waals surface area contributed by atoms with Crippen LogP contribution in [-0.4, -0.2) is 33.3 Å². The van der Waals surface area contributed by atoms with Crippen LogP contribution < -0.4 is 14.8 Å². The van der Waals surface area contributed by atoms with Crippen molar-refractivity contribution in [3.63, 3.8) is 0 Å². The molecule has 110 valence electrons. The average molecular weight is 279 g/mol. The summed E-state index contributed by atoms with van der Waals surface area (Å²) < 4.78 is 16.0. The van der Waals surface area contributed by atoms with E-state index in [1.807, 2.05) is 25.2 Å². The van der Waals surface area contributed by atoms with Gasteiger partial charge in [0.25, 0.3) is 0 Å². The molecule has 0 amide bonds. The molecule has 1 aliphatic rings. The number of hydrogen-bond acceptors (Lipinski definition) is 5. The van der Waals surface area contributed by atoms with Crippen molar-refractivity contribution in [3.05, 3.63) is 23.8 Å². The number of fused-ring (bicyclic) bond motifs is 1. The van der Waals surface area contributed by atoms with Crippen molar-refractivity contribution in [1.82, 2.24) is 5.32 Å². The van der Waals surface area contributed by atoms with Gasteiger partial charge < -0.3 is 19.5 Å². The van der Waals surface area contributed by atoms with Gasteiger partial charge in [-0.3, -0.25) is 4.79 Å². The molecule has 0 fully saturated rings. The van der Waals surface area contributed by atoms with E-state index in [1.165, 1.54) is 7.11 Å². The average Bonchev–Trinajstić information content (AvgIpc) is 2.86. The lowest BCUT2D eigenvalue weighted by molar-refractivity contribution is -0.152. The smallest absolute Gasteiger partial charge is 0.314 e. The molecular formula is C15H21NO4. The van der Waals surface area contributed by atoms with E-state index in [-0.39, 0.29) is 18.6 Å². The van der Waals surface area contributed by atoms with Crippen molar-refractivity contribution in [1.29, 1.82) is 0 Å². The maximum absolute atomic E-state index is 11.6. The van der Waals surface area contributed by atoms with E-state index >= 15 is 0 Å². The molecule has 2 rings (SSSR count). The van der Waals surface area contributed by atoms with Crippen LogP contribution in [0, 0.1) is 5.41 Å². The van der Waals surface area contributed by atoms with Gasteiger partial charge in [-0.15, -0.1) is 0 Å². The highest BCUT2D eigenvalue weighted by atomic mass is 16.5. The number of ether oxygens (including phenoxy) is 3. The van der Waals surface area contributed by atoms with Gasteiger partial charge in [0.15, 0.2) is 0 Å². The molecule has 1 atom stereocenters. The Balaban J connectivity index is 2.04. The maximum Gasteiger partial charge on any atom is 0.314 e. The Labute approximate surface area is 119 Å². The molecule has 0 bridgehead atoms. The van der Waals surface area contributed by atoms with Crippen LogP contribution >= 0.6 is 0 Å². The molecule has 0 radical (unpaired) electrons. The van der Waals surface area contributed by atoms with Gasteiger partial charge in [-0.2, -0.15) is 0 Å². The van der Waals surface area contributed by atoms with E-state index in [1.54, 1.807) is 13.8 Å². The molecule has 0 saturated heterocycles. The zero-order chi connectivity index (χ0) is 14.8. The molecule has 1 aliphatic heterocycles. The highest BCUT2D eigenvalue weighted by Gasteiger charge is 2.30. The summed E-state index contributed by atoms with van der Waals surface area (Å²) in [5.41, 5.74) is 0.453. The Morgan fingerprint density at radius 1 is 1.50 bits per heavy atom. The fraction of sp³-hybridized carbons (Fsp3) is 0.533. The van der Waals surface area contributed by atoms with Gasteiger partial charge in [0, 0.05) is 11.6 Å². The zero-order valence-corrected chi connectivity index (χ0v) is 12.4. The number of benzene rings is 1. The topological polar surface area (TPSA) is 56.8 Å². The number of hydrogen-bond donors (Lipinski definition) is 1. The Bertz CT molecular complexity index is 499. The van der Waals surface area contributed by atoms with Gasteiger partial charge in [0.1, 0.15) is 24.7 Å². The number of methoxy groups -OCH3 is 1. The maximum atomic E-state index is 11.6. The van der Waals surface area contributed by atoms with Gasteiger partial charge in [-0.25, -0.2) is 0 Å². The first-order valence-corrected chi connectivity index (χ1v) is 6.63. The summed E-state index contributed by atoms with van der Waals surface area (Å²) in [5.74, 6) is 1.24. The standard InChI is InChI=1S/C15H21NO4/c1-15(2,14(17)18-4)9-20-10-5-6-11-12(16-3)8-19-13(11)7-10/h5-7,12,16H,8-9H2,1-4H3. The van der Waals surface area contributed by atoms with Crippen LogP contribution in [0.5, 0.6) is 11.5 Å². The van der Waals surface area contributed by atoms with Crippen LogP contribution in [0.1, 0.15) is 25.5 Å². The normalized spacial score (nSPS) is 17.3. The molecule has 1 unspecified atom stereocenters. The van der Waals surface area contributed by atoms with Crippen LogP contribution in [0.25, 0.3) is 0 Å². The molecule has 20 heavy (non-hydrogen) atoms. The van der Waals surface area contributed by atoms with Gasteiger partial charge in [-0.1, -0.05) is 0 Å². The minimum Gasteiger partial charge on any atom is -0.492 e. The predicted molar refractivity (Wildman–Crippen MR) is 75.0 cm³/mol. The second-order valence-corrected chi connectivity index (χ2v) is 5.52. The van der Waals surface area contributed by atoms with Crippen LogP contribution in [0.3, 0.4) is 0 Å². The van der Waals surface area contributed by atoms with Crippen LogP contribution in [0.15, 0.2) is 18.2 Å². The van der Waals surface area contributed by atoms with E-state index in [4.69, 9.17) is 14.2 Å². The van der Waals surface area contributed by atoms with Crippen LogP contribution in [-0.2, 0) is 9.53 Å². The third-order valence-corrected chi connectivity index (χ3v) is 3.45. The third kappa shape index (κ3) is 2.88. The summed E-state index contributed by atoms with van der Waals surface area (Å²) in [6, 6.07) is 5.97. The molecule has 0 aliphatic carbocycles.